The van der Waals surface area contributed by atoms with Crippen LogP contribution in [0.15, 0.2) is 30.3 Å². The van der Waals surface area contributed by atoms with Gasteiger partial charge in [-0.05, 0) is 24.3 Å². The summed E-state index contributed by atoms with van der Waals surface area (Å²) in [5.74, 6) is -1.47. The van der Waals surface area contributed by atoms with Gasteiger partial charge < -0.3 is 24.7 Å². The van der Waals surface area contributed by atoms with E-state index in [1.54, 1.807) is 9.80 Å². The molecule has 1 aromatic carbocycles. The Kier molecular flexibility index (Phi) is 5.55. The highest BCUT2D eigenvalue weighted by molar-refractivity contribution is 5.76. The first kappa shape index (κ1) is 17.7. The van der Waals surface area contributed by atoms with Gasteiger partial charge in [0, 0.05) is 13.1 Å². The van der Waals surface area contributed by atoms with Gasteiger partial charge in [-0.25, -0.2) is 9.59 Å². The second-order valence-corrected chi connectivity index (χ2v) is 6.71. The number of aliphatic carboxylic acids is 1. The Balaban J connectivity index is 1.37. The van der Waals surface area contributed by atoms with Crippen molar-refractivity contribution in [3.05, 3.63) is 35.9 Å². The van der Waals surface area contributed by atoms with E-state index in [4.69, 9.17) is 9.84 Å². The number of aliphatic hydroxyl groups excluding tert-OH is 1. The number of aliphatic hydroxyl groups is 1. The number of rotatable bonds is 5. The Morgan fingerprint density at radius 3 is 2.36 bits per heavy atom. The molecule has 0 bridgehead atoms. The van der Waals surface area contributed by atoms with Gasteiger partial charge >= 0.3 is 12.0 Å². The van der Waals surface area contributed by atoms with Crippen LogP contribution >= 0.6 is 0 Å². The maximum absolute atomic E-state index is 12.4. The van der Waals surface area contributed by atoms with Crippen LogP contribution in [-0.4, -0.2) is 70.4 Å². The summed E-state index contributed by atoms with van der Waals surface area (Å²) in [7, 11) is 0. The number of carbonyl (C=O) groups is 2. The second kappa shape index (κ2) is 7.84. The molecule has 2 N–H and O–H groups in total. The summed E-state index contributed by atoms with van der Waals surface area (Å²) in [6, 6.07) is 9.91. The SMILES string of the molecule is O=C(O)C(O)C1CCN(C(=O)N2CC(OCc3ccccc3)C2)CC1. The third-order valence-corrected chi connectivity index (χ3v) is 4.96. The number of ether oxygens (including phenoxy) is 1. The summed E-state index contributed by atoms with van der Waals surface area (Å²) >= 11 is 0. The van der Waals surface area contributed by atoms with Crippen LogP contribution in [-0.2, 0) is 16.1 Å². The minimum absolute atomic E-state index is 0.0252. The highest BCUT2D eigenvalue weighted by Crippen LogP contribution is 2.23. The maximum Gasteiger partial charge on any atom is 0.332 e. The van der Waals surface area contributed by atoms with Crippen LogP contribution < -0.4 is 0 Å². The molecule has 136 valence electrons. The van der Waals surface area contributed by atoms with Gasteiger partial charge in [0.05, 0.1) is 25.8 Å². The second-order valence-electron chi connectivity index (χ2n) is 6.71. The lowest BCUT2D eigenvalue weighted by Crippen LogP contribution is -2.59. The number of benzene rings is 1. The fraction of sp³-hybridized carbons (Fsp3) is 0.556. The van der Waals surface area contributed by atoms with E-state index in [0.29, 0.717) is 45.6 Å². The summed E-state index contributed by atoms with van der Waals surface area (Å²) in [5, 5.41) is 18.5. The van der Waals surface area contributed by atoms with Crippen LogP contribution in [0.25, 0.3) is 0 Å². The number of piperidine rings is 1. The lowest BCUT2D eigenvalue weighted by molar-refractivity contribution is -0.150. The van der Waals surface area contributed by atoms with Crippen molar-refractivity contribution >= 4 is 12.0 Å². The van der Waals surface area contributed by atoms with Gasteiger partial charge in [-0.15, -0.1) is 0 Å². The van der Waals surface area contributed by atoms with Crippen LogP contribution in [0, 0.1) is 5.92 Å². The predicted molar refractivity (Wildman–Crippen MR) is 89.9 cm³/mol. The maximum atomic E-state index is 12.4. The van der Waals surface area contributed by atoms with Gasteiger partial charge in [-0.2, -0.15) is 0 Å². The first-order valence-corrected chi connectivity index (χ1v) is 8.65. The molecule has 0 spiro atoms. The molecule has 2 aliphatic heterocycles. The zero-order chi connectivity index (χ0) is 17.8. The van der Waals surface area contributed by atoms with Crippen molar-refractivity contribution in [2.45, 2.75) is 31.7 Å². The molecular formula is C18H24N2O5. The molecule has 0 saturated carbocycles. The van der Waals surface area contributed by atoms with Crippen molar-refractivity contribution in [1.29, 1.82) is 0 Å². The summed E-state index contributed by atoms with van der Waals surface area (Å²) in [6.45, 7) is 2.69. The van der Waals surface area contributed by atoms with Crippen LogP contribution in [0.3, 0.4) is 0 Å². The van der Waals surface area contributed by atoms with Gasteiger partial charge in [0.15, 0.2) is 6.10 Å². The molecule has 0 radical (unpaired) electrons. The smallest absolute Gasteiger partial charge is 0.332 e. The molecule has 25 heavy (non-hydrogen) atoms. The Hall–Kier alpha value is -2.12. The Morgan fingerprint density at radius 1 is 1.12 bits per heavy atom. The predicted octanol–water partition coefficient (Wildman–Crippen LogP) is 1.16. The average molecular weight is 348 g/mol. The average Bonchev–Trinajstić information content (AvgIpc) is 2.60. The standard InChI is InChI=1S/C18H24N2O5/c21-16(17(22)23)14-6-8-19(9-7-14)18(24)20-10-15(11-20)25-12-13-4-2-1-3-5-13/h1-5,14-16,21H,6-12H2,(H,22,23). The minimum atomic E-state index is -1.34. The Bertz CT molecular complexity index is 595. The van der Waals surface area contributed by atoms with Gasteiger partial charge in [0.25, 0.3) is 0 Å². The molecule has 7 heteroatoms. The number of hydrogen-bond acceptors (Lipinski definition) is 4. The van der Waals surface area contributed by atoms with Crippen LogP contribution in [0.1, 0.15) is 18.4 Å². The fourth-order valence-electron chi connectivity index (χ4n) is 3.30. The number of amides is 2. The molecule has 1 aromatic rings. The summed E-state index contributed by atoms with van der Waals surface area (Å²) in [5.41, 5.74) is 1.12. The molecule has 7 nitrogen and oxygen atoms in total. The first-order chi connectivity index (χ1) is 12.0. The largest absolute Gasteiger partial charge is 0.479 e. The lowest BCUT2D eigenvalue weighted by atomic mass is 9.91. The van der Waals surface area contributed by atoms with Crippen molar-refractivity contribution in [1.82, 2.24) is 9.80 Å². The number of nitrogens with zero attached hydrogens (tertiary/aromatic N) is 2. The molecule has 3 rings (SSSR count). The molecule has 2 saturated heterocycles. The number of likely N-dealkylation sites (tertiary alicyclic amines) is 2. The zero-order valence-electron chi connectivity index (χ0n) is 14.1. The summed E-state index contributed by atoms with van der Waals surface area (Å²) in [6.07, 6.45) is -0.241. The third kappa shape index (κ3) is 4.29. The monoisotopic (exact) mass is 348 g/mol. The number of urea groups is 1. The van der Waals surface area contributed by atoms with E-state index in [2.05, 4.69) is 0 Å². The van der Waals surface area contributed by atoms with Crippen LogP contribution in [0.4, 0.5) is 4.79 Å². The Morgan fingerprint density at radius 2 is 1.76 bits per heavy atom. The van der Waals surface area contributed by atoms with E-state index in [1.807, 2.05) is 30.3 Å². The highest BCUT2D eigenvalue weighted by atomic mass is 16.5. The normalized spacial score (nSPS) is 20.2. The van der Waals surface area contributed by atoms with Crippen LogP contribution in [0.5, 0.6) is 0 Å². The van der Waals surface area contributed by atoms with E-state index in [1.165, 1.54) is 0 Å². The van der Waals surface area contributed by atoms with Crippen molar-refractivity contribution in [3.8, 4) is 0 Å². The molecule has 2 amide bonds. The first-order valence-electron chi connectivity index (χ1n) is 8.65. The zero-order valence-corrected chi connectivity index (χ0v) is 14.1. The van der Waals surface area contributed by atoms with E-state index >= 15 is 0 Å². The van der Waals surface area contributed by atoms with Crippen molar-refractivity contribution < 1.29 is 24.5 Å². The van der Waals surface area contributed by atoms with Gasteiger partial charge in [-0.1, -0.05) is 30.3 Å². The van der Waals surface area contributed by atoms with E-state index in [0.717, 1.165) is 5.56 Å². The van der Waals surface area contributed by atoms with E-state index in [-0.39, 0.29) is 18.1 Å². The number of hydrogen-bond donors (Lipinski definition) is 2. The molecule has 2 heterocycles. The molecule has 0 aromatic heterocycles. The lowest BCUT2D eigenvalue weighted by Gasteiger charge is -2.43. The minimum Gasteiger partial charge on any atom is -0.479 e. The summed E-state index contributed by atoms with van der Waals surface area (Å²) < 4.78 is 5.80. The Labute approximate surface area is 146 Å². The number of carboxylic acid groups (broad SMARTS) is 1. The van der Waals surface area contributed by atoms with Crippen molar-refractivity contribution in [2.24, 2.45) is 5.92 Å². The van der Waals surface area contributed by atoms with Crippen LogP contribution in [0.2, 0.25) is 0 Å². The fourth-order valence-corrected chi connectivity index (χ4v) is 3.30. The molecule has 1 unspecified atom stereocenters. The van der Waals surface area contributed by atoms with E-state index < -0.39 is 12.1 Å². The molecular weight excluding hydrogens is 324 g/mol. The van der Waals surface area contributed by atoms with Gasteiger partial charge in [0.1, 0.15) is 0 Å². The number of carbonyl (C=O) groups excluding carboxylic acids is 1. The molecule has 2 fully saturated rings. The van der Waals surface area contributed by atoms with Gasteiger partial charge in [-0.3, -0.25) is 0 Å². The summed E-state index contributed by atoms with van der Waals surface area (Å²) in [4.78, 5) is 26.7. The van der Waals surface area contributed by atoms with Crippen molar-refractivity contribution in [2.75, 3.05) is 26.2 Å². The molecule has 1 atom stereocenters. The third-order valence-electron chi connectivity index (χ3n) is 4.96. The van der Waals surface area contributed by atoms with Gasteiger partial charge in [0.2, 0.25) is 0 Å². The topological polar surface area (TPSA) is 90.3 Å². The quantitative estimate of drug-likeness (QED) is 0.833. The number of carboxylic acids is 1. The molecule has 0 aliphatic carbocycles. The molecule has 2 aliphatic rings. The highest BCUT2D eigenvalue weighted by Gasteiger charge is 2.37. The van der Waals surface area contributed by atoms with Crippen molar-refractivity contribution in [3.63, 3.8) is 0 Å². The van der Waals surface area contributed by atoms with E-state index in [9.17, 15) is 14.7 Å².